The number of hydrogen-bond donors (Lipinski definition) is 2. The number of nitrogens with zero attached hydrogens (tertiary/aromatic N) is 3. The number of imidazole rings is 1. The quantitative estimate of drug-likeness (QED) is 0.533. The van der Waals surface area contributed by atoms with Crippen molar-refractivity contribution in [1.82, 2.24) is 20.0 Å². The number of methoxy groups -OCH3 is 1. The summed E-state index contributed by atoms with van der Waals surface area (Å²) >= 11 is 1.63. The average Bonchev–Trinajstić information content (AvgIpc) is 3.19. The van der Waals surface area contributed by atoms with E-state index < -0.39 is 0 Å². The third-order valence-electron chi connectivity index (χ3n) is 3.50. The molecule has 0 atom stereocenters. The molecule has 0 aliphatic heterocycles. The van der Waals surface area contributed by atoms with Crippen LogP contribution in [-0.4, -0.2) is 29.0 Å². The molecule has 1 aromatic carbocycles. The van der Waals surface area contributed by atoms with Crippen molar-refractivity contribution < 1.29 is 4.74 Å². The van der Waals surface area contributed by atoms with Gasteiger partial charge in [-0.05, 0) is 24.6 Å². The maximum atomic E-state index is 5.17. The molecule has 0 radical (unpaired) electrons. The van der Waals surface area contributed by atoms with E-state index in [1.165, 1.54) is 0 Å². The Bertz CT molecular complexity index is 777. The predicted molar refractivity (Wildman–Crippen MR) is 97.7 cm³/mol. The van der Waals surface area contributed by atoms with Gasteiger partial charge in [0.25, 0.3) is 0 Å². The van der Waals surface area contributed by atoms with Crippen LogP contribution in [0.1, 0.15) is 18.2 Å². The number of aliphatic imine (C=N–C) groups is 1. The Hall–Kier alpha value is -2.54. The molecule has 3 aromatic rings. The first kappa shape index (κ1) is 16.3. The Morgan fingerprint density at radius 3 is 2.83 bits per heavy atom. The fourth-order valence-electron chi connectivity index (χ4n) is 2.28. The molecule has 0 aliphatic carbocycles. The molecule has 2 heterocycles. The Kier molecular flexibility index (Phi) is 5.32. The van der Waals surface area contributed by atoms with Crippen molar-refractivity contribution in [3.63, 3.8) is 0 Å². The van der Waals surface area contributed by atoms with Crippen LogP contribution in [0.25, 0.3) is 4.96 Å². The molecule has 0 bridgehead atoms. The maximum absolute atomic E-state index is 5.17. The van der Waals surface area contributed by atoms with Crippen molar-refractivity contribution in [3.8, 4) is 5.75 Å². The van der Waals surface area contributed by atoms with Gasteiger partial charge in [0.05, 0.1) is 25.9 Å². The first-order valence-electron chi connectivity index (χ1n) is 7.84. The number of guanidine groups is 1. The molecule has 6 nitrogen and oxygen atoms in total. The zero-order valence-corrected chi connectivity index (χ0v) is 14.6. The number of fused-ring (bicyclic) bond motifs is 1. The Morgan fingerprint density at radius 1 is 1.29 bits per heavy atom. The molecule has 24 heavy (non-hydrogen) atoms. The number of benzene rings is 1. The van der Waals surface area contributed by atoms with Crippen molar-refractivity contribution in [2.75, 3.05) is 13.7 Å². The molecule has 3 rings (SSSR count). The highest BCUT2D eigenvalue weighted by Gasteiger charge is 2.04. The number of ether oxygens (including phenoxy) is 1. The highest BCUT2D eigenvalue weighted by Crippen LogP contribution is 2.12. The number of aromatic nitrogens is 2. The standard InChI is InChI=1S/C17H21N5OS/c1-3-18-16(19-10-13-4-6-15(23-2)7-5-13)20-11-14-12-22-8-9-24-17(22)21-14/h4-9,12H,3,10-11H2,1-2H3,(H2,18,19,20). The van der Waals surface area contributed by atoms with Crippen molar-refractivity contribution in [1.29, 1.82) is 0 Å². The highest BCUT2D eigenvalue weighted by molar-refractivity contribution is 7.15. The molecule has 0 fully saturated rings. The molecule has 0 spiro atoms. The minimum absolute atomic E-state index is 0.609. The van der Waals surface area contributed by atoms with Gasteiger partial charge in [-0.3, -0.25) is 4.40 Å². The largest absolute Gasteiger partial charge is 0.497 e. The van der Waals surface area contributed by atoms with Gasteiger partial charge in [0, 0.05) is 24.3 Å². The van der Waals surface area contributed by atoms with Gasteiger partial charge in [-0.15, -0.1) is 11.3 Å². The van der Waals surface area contributed by atoms with Crippen molar-refractivity contribution in [3.05, 3.63) is 53.3 Å². The van der Waals surface area contributed by atoms with Gasteiger partial charge in [0.1, 0.15) is 5.75 Å². The van der Waals surface area contributed by atoms with Crippen LogP contribution in [0.5, 0.6) is 5.75 Å². The van der Waals surface area contributed by atoms with E-state index in [1.54, 1.807) is 18.4 Å². The van der Waals surface area contributed by atoms with Gasteiger partial charge in [0.15, 0.2) is 10.9 Å². The third-order valence-corrected chi connectivity index (χ3v) is 4.27. The monoisotopic (exact) mass is 343 g/mol. The lowest BCUT2D eigenvalue weighted by molar-refractivity contribution is 0.414. The summed E-state index contributed by atoms with van der Waals surface area (Å²) in [6.07, 6.45) is 4.05. The Balaban J connectivity index is 1.61. The minimum Gasteiger partial charge on any atom is -0.497 e. The molecule has 0 aliphatic rings. The van der Waals surface area contributed by atoms with Crippen LogP contribution in [0.3, 0.4) is 0 Å². The zero-order chi connectivity index (χ0) is 16.8. The number of thiazole rings is 1. The Labute approximate surface area is 145 Å². The smallest absolute Gasteiger partial charge is 0.193 e. The lowest BCUT2D eigenvalue weighted by Gasteiger charge is -2.10. The van der Waals surface area contributed by atoms with E-state index in [-0.39, 0.29) is 0 Å². The lowest BCUT2D eigenvalue weighted by Crippen LogP contribution is -2.36. The van der Waals surface area contributed by atoms with Crippen molar-refractivity contribution in [2.24, 2.45) is 4.99 Å². The van der Waals surface area contributed by atoms with E-state index >= 15 is 0 Å². The lowest BCUT2D eigenvalue weighted by atomic mass is 10.2. The molecule has 0 saturated heterocycles. The van der Waals surface area contributed by atoms with Crippen LogP contribution >= 0.6 is 11.3 Å². The summed E-state index contributed by atoms with van der Waals surface area (Å²) in [5.74, 6) is 1.64. The molecule has 2 N–H and O–H groups in total. The number of rotatable bonds is 6. The van der Waals surface area contributed by atoms with Crippen LogP contribution < -0.4 is 15.4 Å². The third kappa shape index (κ3) is 4.05. The number of nitrogens with one attached hydrogen (secondary N) is 2. The number of hydrogen-bond acceptors (Lipinski definition) is 4. The van der Waals surface area contributed by atoms with Gasteiger partial charge in [-0.1, -0.05) is 12.1 Å². The first-order chi connectivity index (χ1) is 11.8. The second-order valence-electron chi connectivity index (χ2n) is 5.22. The van der Waals surface area contributed by atoms with E-state index in [9.17, 15) is 0 Å². The normalized spacial score (nSPS) is 11.7. The van der Waals surface area contributed by atoms with E-state index in [4.69, 9.17) is 4.74 Å². The Morgan fingerprint density at radius 2 is 2.12 bits per heavy atom. The highest BCUT2D eigenvalue weighted by atomic mass is 32.1. The fraction of sp³-hybridized carbons (Fsp3) is 0.294. The summed E-state index contributed by atoms with van der Waals surface area (Å²) in [5, 5.41) is 8.61. The first-order valence-corrected chi connectivity index (χ1v) is 8.72. The topological polar surface area (TPSA) is 63.0 Å². The van der Waals surface area contributed by atoms with Crippen LogP contribution in [0, 0.1) is 0 Å². The van der Waals surface area contributed by atoms with Crippen LogP contribution in [0.15, 0.2) is 47.0 Å². The summed E-state index contributed by atoms with van der Waals surface area (Å²) < 4.78 is 7.20. The van der Waals surface area contributed by atoms with Crippen LogP contribution in [0.2, 0.25) is 0 Å². The van der Waals surface area contributed by atoms with Gasteiger partial charge in [0.2, 0.25) is 0 Å². The summed E-state index contributed by atoms with van der Waals surface area (Å²) in [6.45, 7) is 4.12. The van der Waals surface area contributed by atoms with E-state index in [1.807, 2.05) is 46.4 Å². The van der Waals surface area contributed by atoms with Gasteiger partial charge in [-0.2, -0.15) is 0 Å². The zero-order valence-electron chi connectivity index (χ0n) is 13.8. The van der Waals surface area contributed by atoms with Gasteiger partial charge < -0.3 is 15.4 Å². The van der Waals surface area contributed by atoms with Gasteiger partial charge in [-0.25, -0.2) is 9.98 Å². The second kappa shape index (κ2) is 7.83. The molecular formula is C17H21N5OS. The molecule has 0 amide bonds. The SMILES string of the molecule is CCNC(=NCc1ccc(OC)cc1)NCc1cn2ccsc2n1. The predicted octanol–water partition coefficient (Wildman–Crippen LogP) is 2.66. The molecule has 126 valence electrons. The summed E-state index contributed by atoms with van der Waals surface area (Å²) in [7, 11) is 1.67. The fourth-order valence-corrected chi connectivity index (χ4v) is 3.00. The second-order valence-corrected chi connectivity index (χ2v) is 6.09. The molecule has 0 unspecified atom stereocenters. The minimum atomic E-state index is 0.609. The van der Waals surface area contributed by atoms with Crippen LogP contribution in [0.4, 0.5) is 0 Å². The van der Waals surface area contributed by atoms with Crippen LogP contribution in [-0.2, 0) is 13.1 Å². The van der Waals surface area contributed by atoms with Crippen molar-refractivity contribution >= 4 is 22.3 Å². The molecule has 2 aromatic heterocycles. The van der Waals surface area contributed by atoms with E-state index in [0.717, 1.165) is 34.5 Å². The van der Waals surface area contributed by atoms with E-state index in [0.29, 0.717) is 13.1 Å². The summed E-state index contributed by atoms with van der Waals surface area (Å²) in [4.78, 5) is 10.2. The summed E-state index contributed by atoms with van der Waals surface area (Å²) in [5.41, 5.74) is 2.13. The molecule has 7 heteroatoms. The maximum Gasteiger partial charge on any atom is 0.193 e. The molecular weight excluding hydrogens is 322 g/mol. The summed E-state index contributed by atoms with van der Waals surface area (Å²) in [6, 6.07) is 7.94. The molecule has 0 saturated carbocycles. The van der Waals surface area contributed by atoms with Gasteiger partial charge >= 0.3 is 0 Å². The van der Waals surface area contributed by atoms with E-state index in [2.05, 4.69) is 27.5 Å². The average molecular weight is 343 g/mol. The van der Waals surface area contributed by atoms with Crippen molar-refractivity contribution in [2.45, 2.75) is 20.0 Å².